The number of para-hydroxylation sites is 1. The number of nitrogens with zero attached hydrogens (tertiary/aromatic N) is 1. The van der Waals surface area contributed by atoms with Gasteiger partial charge in [-0.05, 0) is 93.2 Å². The lowest BCUT2D eigenvalue weighted by atomic mass is 10.1. The van der Waals surface area contributed by atoms with Crippen LogP contribution in [0.25, 0.3) is 21.8 Å². The molecule has 2 atom stereocenters. The predicted molar refractivity (Wildman–Crippen MR) is 210 cm³/mol. The van der Waals surface area contributed by atoms with E-state index >= 15 is 0 Å². The smallest absolute Gasteiger partial charge is 0.233 e. The summed E-state index contributed by atoms with van der Waals surface area (Å²) in [6, 6.07) is 23.3. The van der Waals surface area contributed by atoms with Gasteiger partial charge in [-0.2, -0.15) is 0 Å². The number of halogens is 3. The van der Waals surface area contributed by atoms with Crippen LogP contribution in [0.2, 0.25) is 0 Å². The van der Waals surface area contributed by atoms with Crippen LogP contribution in [-0.2, 0) is 20.0 Å². The van der Waals surface area contributed by atoms with E-state index in [4.69, 9.17) is 4.74 Å². The minimum absolute atomic E-state index is 0.0935. The predicted octanol–water partition coefficient (Wildman–Crippen LogP) is 5.97. The third-order valence-corrected chi connectivity index (χ3v) is 11.9. The molecule has 0 saturated carbocycles. The number of carbonyl (C=O) groups is 1. The fraction of sp³-hybridized carbons (Fsp3) is 0.219. The van der Waals surface area contributed by atoms with Crippen LogP contribution in [0.5, 0.6) is 5.75 Å². The number of sulfonamides is 2. The maximum absolute atomic E-state index is 13.6. The van der Waals surface area contributed by atoms with Crippen LogP contribution >= 0.6 is 61.1 Å². The number of Topliss-reactive ketones (excluding diaryl/α,β-unsaturated/α-hetero) is 1. The van der Waals surface area contributed by atoms with Crippen molar-refractivity contribution in [2.75, 3.05) is 41.2 Å². The second kappa shape index (κ2) is 15.2. The molecule has 0 aliphatic heterocycles. The Morgan fingerprint density at radius 1 is 0.938 bits per heavy atom. The van der Waals surface area contributed by atoms with E-state index in [-0.39, 0.29) is 23.5 Å². The number of aliphatic hydroxyl groups is 1. The summed E-state index contributed by atoms with van der Waals surface area (Å²) in [5, 5.41) is 16.4. The average Bonchev–Trinajstić information content (AvgIpc) is 3.39. The van der Waals surface area contributed by atoms with E-state index in [1.165, 1.54) is 18.2 Å². The zero-order valence-corrected chi connectivity index (χ0v) is 33.1. The van der Waals surface area contributed by atoms with Crippen molar-refractivity contribution >= 4 is 120 Å². The molecular weight excluding hydrogens is 950 g/mol. The van der Waals surface area contributed by atoms with Crippen molar-refractivity contribution in [1.82, 2.24) is 10.3 Å². The first-order valence-electron chi connectivity index (χ1n) is 14.4. The molecule has 16 heteroatoms. The highest BCUT2D eigenvalue weighted by Gasteiger charge is 2.33. The van der Waals surface area contributed by atoms with Crippen LogP contribution in [-0.4, -0.2) is 69.9 Å². The van der Waals surface area contributed by atoms with E-state index in [1.54, 1.807) is 18.2 Å². The van der Waals surface area contributed by atoms with Crippen molar-refractivity contribution in [3.8, 4) is 5.75 Å². The Morgan fingerprint density at radius 2 is 1.65 bits per heavy atom. The fourth-order valence-corrected chi connectivity index (χ4v) is 9.41. The second-order valence-corrected chi connectivity index (χ2v) is 17.8. The maximum Gasteiger partial charge on any atom is 0.233 e. The molecule has 0 aliphatic rings. The summed E-state index contributed by atoms with van der Waals surface area (Å²) in [5.74, 6) is 0.104. The van der Waals surface area contributed by atoms with Crippen LogP contribution in [0.3, 0.4) is 0 Å². The second-order valence-electron chi connectivity index (χ2n) is 11.0. The van der Waals surface area contributed by atoms with Gasteiger partial charge in [-0.3, -0.25) is 9.52 Å². The number of nitrogens with one attached hydrogen (secondary N) is 3. The van der Waals surface area contributed by atoms with Gasteiger partial charge in [0.1, 0.15) is 12.4 Å². The Labute approximate surface area is 314 Å². The Balaban J connectivity index is 1.25. The van der Waals surface area contributed by atoms with E-state index in [0.717, 1.165) is 38.6 Å². The van der Waals surface area contributed by atoms with Crippen LogP contribution in [0.15, 0.2) is 78.9 Å². The van der Waals surface area contributed by atoms with E-state index < -0.39 is 36.9 Å². The SMILES string of the molecule is CS(=O)(=O)Nc1cc(C(=O)C(Br)N(c2cc(C(O)CNCCOc3ccc4c(c3)[nH]c3ccccc34)ccc2I)S(C)(=O)=O)ccc1I. The average molecular weight is 981 g/mol. The van der Waals surface area contributed by atoms with Gasteiger partial charge in [0.15, 0.2) is 10.7 Å². The van der Waals surface area contributed by atoms with Crippen molar-refractivity contribution in [2.45, 2.75) is 11.1 Å². The summed E-state index contributed by atoms with van der Waals surface area (Å²) in [5.41, 5.74) is 2.96. The summed E-state index contributed by atoms with van der Waals surface area (Å²) in [7, 11) is -7.64. The number of hydrogen-bond acceptors (Lipinski definition) is 8. The molecule has 2 unspecified atom stereocenters. The molecule has 0 fully saturated rings. The molecule has 1 heterocycles. The van der Waals surface area contributed by atoms with Crippen LogP contribution in [0.4, 0.5) is 11.4 Å². The minimum Gasteiger partial charge on any atom is -0.492 e. The first-order valence-corrected chi connectivity index (χ1v) is 21.2. The molecule has 4 aromatic carbocycles. The monoisotopic (exact) mass is 980 g/mol. The lowest BCUT2D eigenvalue weighted by Gasteiger charge is -2.28. The summed E-state index contributed by atoms with van der Waals surface area (Å²) in [6.07, 6.45) is 0.987. The van der Waals surface area contributed by atoms with Gasteiger partial charge in [-0.15, -0.1) is 0 Å². The first-order chi connectivity index (χ1) is 22.6. The van der Waals surface area contributed by atoms with Crippen molar-refractivity contribution in [1.29, 1.82) is 0 Å². The van der Waals surface area contributed by atoms with Crippen LogP contribution in [0.1, 0.15) is 22.0 Å². The molecule has 0 aliphatic carbocycles. The number of rotatable bonds is 14. The summed E-state index contributed by atoms with van der Waals surface area (Å²) < 4.78 is 60.1. The number of hydrogen-bond donors (Lipinski definition) is 4. The number of fused-ring (bicyclic) bond motifs is 3. The first kappa shape index (κ1) is 36.8. The lowest BCUT2D eigenvalue weighted by Crippen LogP contribution is -2.41. The molecule has 0 radical (unpaired) electrons. The van der Waals surface area contributed by atoms with Gasteiger partial charge in [0.25, 0.3) is 0 Å². The standard InChI is InChI=1S/C32H31BrI2N4O7S2/c1-47(42,43)38-28-15-20(8-11-24(28)34)31(41)32(33)39(48(2,44)45)29-16-19(7-12-25(29)35)30(40)18-36-13-14-46-21-9-10-23-22-5-3-4-6-26(22)37-27(23)17-21/h3-12,15-17,30,32,36-38,40H,13-14,18H2,1-2H3. The molecule has 11 nitrogen and oxygen atoms in total. The molecule has 5 rings (SSSR count). The van der Waals surface area contributed by atoms with Gasteiger partial charge in [-0.25, -0.2) is 21.1 Å². The highest BCUT2D eigenvalue weighted by atomic mass is 127. The summed E-state index contributed by atoms with van der Waals surface area (Å²) in [6.45, 7) is 0.961. The molecule has 254 valence electrons. The van der Waals surface area contributed by atoms with Crippen molar-refractivity contribution < 1.29 is 31.5 Å². The Kier molecular flexibility index (Phi) is 11.6. The highest BCUT2D eigenvalue weighted by molar-refractivity contribution is 14.1. The molecule has 0 saturated heterocycles. The number of aromatic nitrogens is 1. The quantitative estimate of drug-likeness (QED) is 0.0349. The molecule has 4 N–H and O–H groups in total. The summed E-state index contributed by atoms with van der Waals surface area (Å²) >= 11 is 7.19. The Morgan fingerprint density at radius 3 is 2.38 bits per heavy atom. The molecule has 48 heavy (non-hydrogen) atoms. The lowest BCUT2D eigenvalue weighted by molar-refractivity contribution is 0.0994. The van der Waals surface area contributed by atoms with E-state index in [1.807, 2.05) is 81.6 Å². The molecule has 1 aromatic heterocycles. The zero-order chi connectivity index (χ0) is 34.8. The van der Waals surface area contributed by atoms with Crippen LogP contribution < -0.4 is 19.1 Å². The minimum atomic E-state index is -4.02. The van der Waals surface area contributed by atoms with Gasteiger partial charge in [-0.1, -0.05) is 46.3 Å². The van der Waals surface area contributed by atoms with Gasteiger partial charge in [0.05, 0.1) is 35.5 Å². The van der Waals surface area contributed by atoms with Crippen molar-refractivity contribution in [3.63, 3.8) is 0 Å². The Hall–Kier alpha value is -2.49. The third kappa shape index (κ3) is 8.80. The number of aliphatic hydroxyl groups excluding tert-OH is 1. The van der Waals surface area contributed by atoms with E-state index in [0.29, 0.717) is 31.6 Å². The Bertz CT molecular complexity index is 2220. The number of ketones is 1. The van der Waals surface area contributed by atoms with Crippen molar-refractivity contribution in [3.05, 3.63) is 97.1 Å². The molecule has 5 aromatic rings. The number of anilines is 2. The topological polar surface area (TPSA) is 158 Å². The molecule has 0 spiro atoms. The van der Waals surface area contributed by atoms with E-state index in [9.17, 15) is 26.7 Å². The maximum atomic E-state index is 13.6. The van der Waals surface area contributed by atoms with Crippen LogP contribution in [0, 0.1) is 7.14 Å². The molecule has 0 amide bonds. The molecule has 0 bridgehead atoms. The number of ether oxygens (including phenoxy) is 1. The number of carbonyl (C=O) groups excluding carboxylic acids is 1. The van der Waals surface area contributed by atoms with Gasteiger partial charge >= 0.3 is 0 Å². The van der Waals surface area contributed by atoms with E-state index in [2.05, 4.69) is 37.0 Å². The molecular formula is C32H31BrI2N4O7S2. The number of aromatic amines is 1. The van der Waals surface area contributed by atoms with Gasteiger partial charge in [0.2, 0.25) is 20.0 Å². The normalized spacial score (nSPS) is 13.4. The number of benzene rings is 4. The van der Waals surface area contributed by atoms with Gasteiger partial charge in [0, 0.05) is 48.1 Å². The highest BCUT2D eigenvalue weighted by Crippen LogP contribution is 2.34. The zero-order valence-electron chi connectivity index (χ0n) is 25.6. The number of H-pyrrole nitrogens is 1. The number of alkyl halides is 1. The third-order valence-electron chi connectivity index (χ3n) is 7.28. The largest absolute Gasteiger partial charge is 0.492 e. The fourth-order valence-electron chi connectivity index (χ4n) is 5.10. The summed E-state index contributed by atoms with van der Waals surface area (Å²) in [4.78, 5) is 15.6. The van der Waals surface area contributed by atoms with Gasteiger partial charge < -0.3 is 20.1 Å². The van der Waals surface area contributed by atoms with Crippen molar-refractivity contribution in [2.24, 2.45) is 0 Å².